The van der Waals surface area contributed by atoms with Crippen molar-refractivity contribution in [1.29, 1.82) is 0 Å². The number of aromatic nitrogens is 2. The van der Waals surface area contributed by atoms with Crippen LogP contribution in [0.3, 0.4) is 0 Å². The first kappa shape index (κ1) is 11.7. The lowest BCUT2D eigenvalue weighted by Crippen LogP contribution is -1.99. The molecule has 0 atom stereocenters. The van der Waals surface area contributed by atoms with Crippen molar-refractivity contribution in [3.05, 3.63) is 45.7 Å². The number of rotatable bonds is 2. The molecule has 0 unspecified atom stereocenters. The van der Waals surface area contributed by atoms with Gasteiger partial charge in [-0.1, -0.05) is 37.6 Å². The maximum absolute atomic E-state index is 6.18. The second kappa shape index (κ2) is 4.60. The largest absolute Gasteiger partial charge is 0.221 e. The minimum atomic E-state index is 0.376. The van der Waals surface area contributed by atoms with E-state index in [1.165, 1.54) is 0 Å². The monoisotopic (exact) mass is 298 g/mol. The van der Waals surface area contributed by atoms with Crippen LogP contribution in [-0.2, 0) is 0 Å². The SMILES string of the molecule is CC(C)c1cc(Cl)n(-c2ccccc2Br)n1. The highest BCUT2D eigenvalue weighted by Gasteiger charge is 2.11. The summed E-state index contributed by atoms with van der Waals surface area (Å²) in [6.07, 6.45) is 0. The molecule has 0 radical (unpaired) electrons. The van der Waals surface area contributed by atoms with Gasteiger partial charge in [0, 0.05) is 4.47 Å². The van der Waals surface area contributed by atoms with E-state index in [0.29, 0.717) is 11.1 Å². The smallest absolute Gasteiger partial charge is 0.133 e. The fourth-order valence-electron chi connectivity index (χ4n) is 1.45. The molecule has 4 heteroatoms. The predicted octanol–water partition coefficient (Wildman–Crippen LogP) is 4.41. The van der Waals surface area contributed by atoms with Gasteiger partial charge in [-0.25, -0.2) is 4.68 Å². The third-order valence-electron chi connectivity index (χ3n) is 2.36. The van der Waals surface area contributed by atoms with Crippen LogP contribution in [0.1, 0.15) is 25.5 Å². The molecule has 0 aliphatic heterocycles. The molecule has 0 aliphatic carbocycles. The summed E-state index contributed by atoms with van der Waals surface area (Å²) in [4.78, 5) is 0. The summed E-state index contributed by atoms with van der Waals surface area (Å²) in [5.74, 6) is 0.376. The van der Waals surface area contributed by atoms with Gasteiger partial charge >= 0.3 is 0 Å². The Labute approximate surface area is 108 Å². The second-order valence-corrected chi connectivity index (χ2v) is 5.15. The van der Waals surface area contributed by atoms with E-state index in [0.717, 1.165) is 15.9 Å². The summed E-state index contributed by atoms with van der Waals surface area (Å²) in [7, 11) is 0. The number of halogens is 2. The van der Waals surface area contributed by atoms with Gasteiger partial charge in [0.1, 0.15) is 5.15 Å². The lowest BCUT2D eigenvalue weighted by atomic mass is 10.1. The molecule has 0 N–H and O–H groups in total. The molecular formula is C12H12BrClN2. The summed E-state index contributed by atoms with van der Waals surface area (Å²) in [5, 5.41) is 5.13. The van der Waals surface area contributed by atoms with Crippen LogP contribution < -0.4 is 0 Å². The van der Waals surface area contributed by atoms with E-state index >= 15 is 0 Å². The standard InChI is InChI=1S/C12H12BrClN2/c1-8(2)10-7-12(14)16(15-10)11-6-4-3-5-9(11)13/h3-8H,1-2H3. The van der Waals surface area contributed by atoms with Gasteiger partial charge in [-0.3, -0.25) is 0 Å². The first-order valence-electron chi connectivity index (χ1n) is 5.10. The Hall–Kier alpha value is -0.800. The Morgan fingerprint density at radius 1 is 1.31 bits per heavy atom. The molecule has 0 aliphatic rings. The van der Waals surface area contributed by atoms with Crippen molar-refractivity contribution in [1.82, 2.24) is 9.78 Å². The Kier molecular flexibility index (Phi) is 3.36. The maximum Gasteiger partial charge on any atom is 0.133 e. The van der Waals surface area contributed by atoms with Gasteiger partial charge in [-0.2, -0.15) is 5.10 Å². The van der Waals surface area contributed by atoms with Gasteiger partial charge in [-0.15, -0.1) is 0 Å². The highest BCUT2D eigenvalue weighted by Crippen LogP contribution is 2.26. The van der Waals surface area contributed by atoms with E-state index in [9.17, 15) is 0 Å². The van der Waals surface area contributed by atoms with Crippen molar-refractivity contribution in [2.45, 2.75) is 19.8 Å². The van der Waals surface area contributed by atoms with E-state index < -0.39 is 0 Å². The fourth-order valence-corrected chi connectivity index (χ4v) is 2.14. The third kappa shape index (κ3) is 2.15. The van der Waals surface area contributed by atoms with E-state index in [1.807, 2.05) is 30.3 Å². The highest BCUT2D eigenvalue weighted by atomic mass is 79.9. The van der Waals surface area contributed by atoms with Crippen LogP contribution in [0.5, 0.6) is 0 Å². The topological polar surface area (TPSA) is 17.8 Å². The molecule has 0 saturated carbocycles. The van der Waals surface area contributed by atoms with Crippen LogP contribution in [-0.4, -0.2) is 9.78 Å². The van der Waals surface area contributed by atoms with Crippen molar-refractivity contribution in [2.24, 2.45) is 0 Å². The van der Waals surface area contributed by atoms with Crippen molar-refractivity contribution in [3.63, 3.8) is 0 Å². The number of para-hydroxylation sites is 1. The summed E-state index contributed by atoms with van der Waals surface area (Å²) in [5.41, 5.74) is 1.96. The molecule has 2 nitrogen and oxygen atoms in total. The van der Waals surface area contributed by atoms with Crippen LogP contribution in [0.15, 0.2) is 34.8 Å². The molecule has 0 spiro atoms. The van der Waals surface area contributed by atoms with E-state index in [2.05, 4.69) is 34.9 Å². The molecule has 0 amide bonds. The fraction of sp³-hybridized carbons (Fsp3) is 0.250. The second-order valence-electron chi connectivity index (χ2n) is 3.91. The summed E-state index contributed by atoms with van der Waals surface area (Å²) >= 11 is 9.67. The number of benzene rings is 1. The van der Waals surface area contributed by atoms with Gasteiger partial charge in [0.2, 0.25) is 0 Å². The summed E-state index contributed by atoms with van der Waals surface area (Å²) < 4.78 is 2.73. The van der Waals surface area contributed by atoms with Crippen molar-refractivity contribution in [2.75, 3.05) is 0 Å². The number of hydrogen-bond donors (Lipinski definition) is 0. The van der Waals surface area contributed by atoms with Crippen LogP contribution in [0.2, 0.25) is 5.15 Å². The van der Waals surface area contributed by atoms with Gasteiger partial charge < -0.3 is 0 Å². The van der Waals surface area contributed by atoms with E-state index in [-0.39, 0.29) is 0 Å². The Bertz CT molecular complexity index is 505. The van der Waals surface area contributed by atoms with Crippen LogP contribution in [0, 0.1) is 0 Å². The van der Waals surface area contributed by atoms with Crippen LogP contribution in [0.4, 0.5) is 0 Å². The molecular weight excluding hydrogens is 288 g/mol. The highest BCUT2D eigenvalue weighted by molar-refractivity contribution is 9.10. The first-order valence-corrected chi connectivity index (χ1v) is 6.27. The lowest BCUT2D eigenvalue weighted by Gasteiger charge is -2.05. The van der Waals surface area contributed by atoms with Crippen LogP contribution in [0.25, 0.3) is 5.69 Å². The van der Waals surface area contributed by atoms with E-state index in [4.69, 9.17) is 11.6 Å². The van der Waals surface area contributed by atoms with Gasteiger partial charge in [-0.05, 0) is 40.0 Å². The van der Waals surface area contributed by atoms with Crippen molar-refractivity contribution in [3.8, 4) is 5.69 Å². The lowest BCUT2D eigenvalue weighted by molar-refractivity contribution is 0.767. The van der Waals surface area contributed by atoms with E-state index in [1.54, 1.807) is 4.68 Å². The maximum atomic E-state index is 6.18. The van der Waals surface area contributed by atoms with Crippen molar-refractivity contribution >= 4 is 27.5 Å². The Balaban J connectivity index is 2.52. The first-order chi connectivity index (χ1) is 7.59. The minimum Gasteiger partial charge on any atom is -0.221 e. The Morgan fingerprint density at radius 3 is 2.56 bits per heavy atom. The van der Waals surface area contributed by atoms with Gasteiger partial charge in [0.25, 0.3) is 0 Å². The zero-order valence-corrected chi connectivity index (χ0v) is 11.5. The van der Waals surface area contributed by atoms with Crippen molar-refractivity contribution < 1.29 is 0 Å². The molecule has 16 heavy (non-hydrogen) atoms. The molecule has 0 fully saturated rings. The predicted molar refractivity (Wildman–Crippen MR) is 70.4 cm³/mol. The quantitative estimate of drug-likeness (QED) is 0.803. The minimum absolute atomic E-state index is 0.376. The normalized spacial score (nSPS) is 11.1. The zero-order chi connectivity index (χ0) is 11.7. The average molecular weight is 300 g/mol. The average Bonchev–Trinajstić information content (AvgIpc) is 2.61. The molecule has 84 valence electrons. The Morgan fingerprint density at radius 2 is 2.00 bits per heavy atom. The molecule has 0 saturated heterocycles. The summed E-state index contributed by atoms with van der Waals surface area (Å²) in [6.45, 7) is 4.20. The molecule has 1 aromatic heterocycles. The number of nitrogens with zero attached hydrogens (tertiary/aromatic N) is 2. The third-order valence-corrected chi connectivity index (χ3v) is 3.30. The van der Waals surface area contributed by atoms with Gasteiger partial charge in [0.05, 0.1) is 11.4 Å². The van der Waals surface area contributed by atoms with Crippen LogP contribution >= 0.6 is 27.5 Å². The number of hydrogen-bond acceptors (Lipinski definition) is 1. The molecule has 1 aromatic carbocycles. The molecule has 2 rings (SSSR count). The molecule has 1 heterocycles. The van der Waals surface area contributed by atoms with Gasteiger partial charge in [0.15, 0.2) is 0 Å². The molecule has 2 aromatic rings. The summed E-state index contributed by atoms with van der Waals surface area (Å²) in [6, 6.07) is 9.79. The zero-order valence-electron chi connectivity index (χ0n) is 9.11. The molecule has 0 bridgehead atoms.